The van der Waals surface area contributed by atoms with Crippen molar-refractivity contribution in [2.24, 2.45) is 0 Å². The maximum absolute atomic E-state index is 13.7. The number of carbonyl (C=O) groups is 2. The van der Waals surface area contributed by atoms with E-state index in [1.165, 1.54) is 32.0 Å². The summed E-state index contributed by atoms with van der Waals surface area (Å²) >= 11 is 0. The largest absolute Gasteiger partial charge is 0.451 e. The maximum Gasteiger partial charge on any atom is 0.324 e. The van der Waals surface area contributed by atoms with Gasteiger partial charge in [-0.2, -0.15) is 9.98 Å². The molecule has 0 heterocycles. The smallest absolute Gasteiger partial charge is 0.324 e. The Labute approximate surface area is 167 Å². The Morgan fingerprint density at radius 3 is 2.48 bits per heavy atom. The first-order valence-corrected chi connectivity index (χ1v) is 9.90. The number of carbonyl (C=O) groups excluding carboxylic acids is 2. The highest BCUT2D eigenvalue weighted by atomic mass is 32.2. The number of hydrogen-bond donors (Lipinski definition) is 2. The monoisotopic (exact) mass is 419 g/mol. The highest BCUT2D eigenvalue weighted by molar-refractivity contribution is 7.89. The molecule has 2 rings (SSSR count). The predicted octanol–water partition coefficient (Wildman–Crippen LogP) is 1.93. The number of halogens is 1. The van der Waals surface area contributed by atoms with Crippen molar-refractivity contribution in [3.63, 3.8) is 0 Å². The number of benzene rings is 2. The summed E-state index contributed by atoms with van der Waals surface area (Å²) in [5.74, 6) is -2.65. The van der Waals surface area contributed by atoms with Crippen LogP contribution in [0.15, 0.2) is 53.4 Å². The molecule has 152 valence electrons. The molecular formula is C19H18FN3O5S. The van der Waals surface area contributed by atoms with Gasteiger partial charge in [-0.25, -0.2) is 12.8 Å². The van der Waals surface area contributed by atoms with Gasteiger partial charge in [0.2, 0.25) is 10.0 Å². The van der Waals surface area contributed by atoms with Crippen LogP contribution in [0.1, 0.15) is 19.4 Å². The number of nitriles is 1. The lowest BCUT2D eigenvalue weighted by atomic mass is 10.2. The van der Waals surface area contributed by atoms with Gasteiger partial charge in [0.05, 0.1) is 11.6 Å². The van der Waals surface area contributed by atoms with Gasteiger partial charge in [0.1, 0.15) is 16.8 Å². The number of amides is 1. The Morgan fingerprint density at radius 1 is 1.14 bits per heavy atom. The van der Waals surface area contributed by atoms with Crippen molar-refractivity contribution in [3.8, 4) is 6.07 Å². The Hall–Kier alpha value is -3.29. The standard InChI is InChI=1S/C19H18FN3O5S/c1-12(23-29(26,27)17-9-4-3-8-16(17)20)19(25)28-13(2)18(24)22-15-7-5-6-14(10-15)11-21/h3-10,12-13,23H,1-2H3,(H,22,24)/t12-,13-/m1/s1. The zero-order chi connectivity index (χ0) is 21.6. The topological polar surface area (TPSA) is 125 Å². The van der Waals surface area contributed by atoms with Gasteiger partial charge >= 0.3 is 5.97 Å². The first-order chi connectivity index (χ1) is 13.6. The highest BCUT2D eigenvalue weighted by Gasteiger charge is 2.27. The molecule has 0 spiro atoms. The van der Waals surface area contributed by atoms with Crippen molar-refractivity contribution >= 4 is 27.6 Å². The zero-order valence-electron chi connectivity index (χ0n) is 15.5. The van der Waals surface area contributed by atoms with E-state index >= 15 is 0 Å². The van der Waals surface area contributed by atoms with Crippen LogP contribution in [0.2, 0.25) is 0 Å². The van der Waals surface area contributed by atoms with Crippen LogP contribution in [0.5, 0.6) is 0 Å². The third-order valence-electron chi connectivity index (χ3n) is 3.73. The van der Waals surface area contributed by atoms with E-state index in [1.807, 2.05) is 10.8 Å². The molecule has 2 N–H and O–H groups in total. The number of sulfonamides is 1. The molecule has 0 bridgehead atoms. The summed E-state index contributed by atoms with van der Waals surface area (Å²) in [6.45, 7) is 2.52. The molecule has 0 saturated carbocycles. The third-order valence-corrected chi connectivity index (χ3v) is 5.31. The molecule has 29 heavy (non-hydrogen) atoms. The van der Waals surface area contributed by atoms with Crippen LogP contribution in [0.25, 0.3) is 0 Å². The predicted molar refractivity (Wildman–Crippen MR) is 102 cm³/mol. The fourth-order valence-electron chi connectivity index (χ4n) is 2.25. The van der Waals surface area contributed by atoms with Crippen molar-refractivity contribution in [2.75, 3.05) is 5.32 Å². The minimum atomic E-state index is -4.30. The lowest BCUT2D eigenvalue weighted by Gasteiger charge is -2.18. The lowest BCUT2D eigenvalue weighted by molar-refractivity contribution is -0.154. The molecule has 0 aliphatic carbocycles. The number of nitrogens with one attached hydrogen (secondary N) is 2. The van der Waals surface area contributed by atoms with Crippen molar-refractivity contribution in [2.45, 2.75) is 30.9 Å². The third kappa shape index (κ3) is 5.84. The molecular weight excluding hydrogens is 401 g/mol. The summed E-state index contributed by atoms with van der Waals surface area (Å²) in [5, 5.41) is 11.4. The van der Waals surface area contributed by atoms with E-state index in [0.717, 1.165) is 12.1 Å². The minimum Gasteiger partial charge on any atom is -0.451 e. The van der Waals surface area contributed by atoms with Gasteiger partial charge in [-0.05, 0) is 44.2 Å². The van der Waals surface area contributed by atoms with E-state index in [9.17, 15) is 22.4 Å². The second-order valence-electron chi connectivity index (χ2n) is 6.03. The Kier molecular flexibility index (Phi) is 7.03. The molecule has 0 aromatic heterocycles. The van der Waals surface area contributed by atoms with Gasteiger partial charge < -0.3 is 10.1 Å². The van der Waals surface area contributed by atoms with Crippen molar-refractivity contribution in [1.29, 1.82) is 5.26 Å². The molecule has 2 atom stereocenters. The van der Waals surface area contributed by atoms with Crippen LogP contribution in [0, 0.1) is 17.1 Å². The lowest BCUT2D eigenvalue weighted by Crippen LogP contribution is -2.42. The first-order valence-electron chi connectivity index (χ1n) is 8.42. The molecule has 8 nitrogen and oxygen atoms in total. The number of esters is 1. The molecule has 0 aliphatic heterocycles. The van der Waals surface area contributed by atoms with Crippen molar-refractivity contribution in [3.05, 3.63) is 59.9 Å². The number of nitrogens with zero attached hydrogens (tertiary/aromatic N) is 1. The molecule has 1 amide bonds. The SMILES string of the molecule is C[C@@H](NS(=O)(=O)c1ccccc1F)C(=O)O[C@H](C)C(=O)Nc1cccc(C#N)c1. The maximum atomic E-state index is 13.7. The molecule has 0 unspecified atom stereocenters. The second kappa shape index (κ2) is 9.27. The van der Waals surface area contributed by atoms with E-state index in [-0.39, 0.29) is 0 Å². The molecule has 10 heteroatoms. The normalized spacial score (nSPS) is 13.0. The van der Waals surface area contributed by atoms with Gasteiger partial charge in [-0.1, -0.05) is 18.2 Å². The minimum absolute atomic E-state index is 0.337. The summed E-state index contributed by atoms with van der Waals surface area (Å²) in [4.78, 5) is 23.7. The van der Waals surface area contributed by atoms with Gasteiger partial charge in [-0.15, -0.1) is 0 Å². The van der Waals surface area contributed by atoms with Crippen LogP contribution in [0.3, 0.4) is 0 Å². The molecule has 2 aromatic carbocycles. The van der Waals surface area contributed by atoms with Gasteiger partial charge in [0, 0.05) is 5.69 Å². The highest BCUT2D eigenvalue weighted by Crippen LogP contribution is 2.14. The first kappa shape index (κ1) is 22.0. The molecule has 0 aliphatic rings. The summed E-state index contributed by atoms with van der Waals surface area (Å²) in [7, 11) is -4.30. The average molecular weight is 419 g/mol. The van der Waals surface area contributed by atoms with Gasteiger partial charge in [0.15, 0.2) is 6.10 Å². The zero-order valence-corrected chi connectivity index (χ0v) is 16.4. The fourth-order valence-corrected chi connectivity index (χ4v) is 3.52. The fraction of sp³-hybridized carbons (Fsp3) is 0.211. The summed E-state index contributed by atoms with van der Waals surface area (Å²) < 4.78 is 45.1. The molecule has 0 fully saturated rings. The van der Waals surface area contributed by atoms with E-state index < -0.39 is 44.8 Å². The van der Waals surface area contributed by atoms with E-state index in [4.69, 9.17) is 10.00 Å². The second-order valence-corrected chi connectivity index (χ2v) is 7.72. The van der Waals surface area contributed by atoms with Crippen LogP contribution in [0.4, 0.5) is 10.1 Å². The van der Waals surface area contributed by atoms with Crippen LogP contribution >= 0.6 is 0 Å². The van der Waals surface area contributed by atoms with Crippen LogP contribution in [-0.2, 0) is 24.3 Å². The number of hydrogen-bond acceptors (Lipinski definition) is 6. The number of anilines is 1. The Morgan fingerprint density at radius 2 is 1.83 bits per heavy atom. The molecule has 2 aromatic rings. The van der Waals surface area contributed by atoms with E-state index in [0.29, 0.717) is 11.3 Å². The van der Waals surface area contributed by atoms with E-state index in [1.54, 1.807) is 18.2 Å². The Balaban J connectivity index is 1.98. The van der Waals surface area contributed by atoms with Crippen LogP contribution < -0.4 is 10.0 Å². The van der Waals surface area contributed by atoms with Gasteiger partial charge in [0.25, 0.3) is 5.91 Å². The number of rotatable bonds is 7. The van der Waals surface area contributed by atoms with E-state index in [2.05, 4.69) is 5.32 Å². The molecule has 0 radical (unpaired) electrons. The van der Waals surface area contributed by atoms with Crippen molar-refractivity contribution < 1.29 is 27.1 Å². The summed E-state index contributed by atoms with van der Waals surface area (Å²) in [5.41, 5.74) is 0.675. The van der Waals surface area contributed by atoms with Crippen LogP contribution in [-0.4, -0.2) is 32.4 Å². The number of ether oxygens (including phenoxy) is 1. The summed E-state index contributed by atoms with van der Waals surface area (Å²) in [6, 6.07) is 11.4. The summed E-state index contributed by atoms with van der Waals surface area (Å²) in [6.07, 6.45) is -1.24. The molecule has 0 saturated heterocycles. The van der Waals surface area contributed by atoms with Gasteiger partial charge in [-0.3, -0.25) is 9.59 Å². The Bertz CT molecular complexity index is 1070. The quantitative estimate of drug-likeness (QED) is 0.661. The van der Waals surface area contributed by atoms with Crippen molar-refractivity contribution in [1.82, 2.24) is 4.72 Å². The average Bonchev–Trinajstić information content (AvgIpc) is 2.67.